The van der Waals surface area contributed by atoms with Crippen LogP contribution in [0.5, 0.6) is 0 Å². The minimum Gasteiger partial charge on any atom is -0.438 e. The predicted octanol–water partition coefficient (Wildman–Crippen LogP) is 0.764. The number of ether oxygens (including phenoxy) is 1. The van der Waals surface area contributed by atoms with Crippen molar-refractivity contribution in [3.8, 4) is 0 Å². The molecule has 1 atom stereocenters. The van der Waals surface area contributed by atoms with Gasteiger partial charge in [0.2, 0.25) is 0 Å². The Morgan fingerprint density at radius 2 is 2.58 bits per heavy atom. The second kappa shape index (κ2) is 2.51. The largest absolute Gasteiger partial charge is 0.438 e. The molecule has 2 heterocycles. The molecule has 1 amide bonds. The van der Waals surface area contributed by atoms with E-state index in [0.29, 0.717) is 18.0 Å². The topological polar surface area (TPSA) is 64.4 Å². The molecular weight excluding hydrogens is 160 g/mol. The Balaban J connectivity index is 2.15. The number of carbonyl (C=O) groups is 1. The second-order valence-electron chi connectivity index (χ2n) is 2.64. The van der Waals surface area contributed by atoms with E-state index in [1.54, 1.807) is 13.0 Å². The van der Waals surface area contributed by atoms with Crippen molar-refractivity contribution in [3.05, 3.63) is 17.5 Å². The molecule has 1 unspecified atom stereocenters. The summed E-state index contributed by atoms with van der Waals surface area (Å²) in [6, 6.07) is 1.75. The molecule has 1 saturated heterocycles. The summed E-state index contributed by atoms with van der Waals surface area (Å²) in [5, 5.41) is 6.27. The quantitative estimate of drug-likeness (QED) is 0.672. The Morgan fingerprint density at radius 1 is 1.75 bits per heavy atom. The van der Waals surface area contributed by atoms with Crippen molar-refractivity contribution in [2.45, 2.75) is 13.0 Å². The third kappa shape index (κ3) is 1.13. The number of nitrogens with one attached hydrogen (secondary N) is 1. The van der Waals surface area contributed by atoms with Crippen LogP contribution in [-0.2, 0) is 4.74 Å². The maximum absolute atomic E-state index is 10.6. The number of rotatable bonds is 1. The van der Waals surface area contributed by atoms with E-state index in [0.717, 1.165) is 0 Å². The fourth-order valence-electron chi connectivity index (χ4n) is 1.09. The van der Waals surface area contributed by atoms with Gasteiger partial charge in [0.25, 0.3) is 0 Å². The number of carbonyl (C=O) groups excluding carboxylic acids is 1. The van der Waals surface area contributed by atoms with Crippen molar-refractivity contribution in [1.29, 1.82) is 0 Å². The fourth-order valence-corrected chi connectivity index (χ4v) is 1.09. The molecule has 5 heteroatoms. The normalized spacial score (nSPS) is 22.1. The maximum Gasteiger partial charge on any atom is 0.408 e. The molecule has 1 aromatic heterocycles. The zero-order valence-corrected chi connectivity index (χ0v) is 6.53. The first kappa shape index (κ1) is 7.15. The number of nitrogens with zero attached hydrogens (tertiary/aromatic N) is 1. The lowest BCUT2D eigenvalue weighted by Gasteiger charge is -1.99. The second-order valence-corrected chi connectivity index (χ2v) is 2.64. The summed E-state index contributed by atoms with van der Waals surface area (Å²) in [6.07, 6.45) is -0.699. The molecule has 2 rings (SSSR count). The van der Waals surface area contributed by atoms with Crippen LogP contribution in [0.15, 0.2) is 10.6 Å². The minimum atomic E-state index is -0.402. The summed E-state index contributed by atoms with van der Waals surface area (Å²) in [5.74, 6) is 0.716. The Bertz CT molecular complexity index is 307. The first-order valence-corrected chi connectivity index (χ1v) is 3.63. The highest BCUT2D eigenvalue weighted by Crippen LogP contribution is 2.19. The van der Waals surface area contributed by atoms with Crippen LogP contribution in [-0.4, -0.2) is 17.8 Å². The van der Waals surface area contributed by atoms with Gasteiger partial charge in [0.05, 0.1) is 6.54 Å². The molecule has 0 spiro atoms. The first-order valence-electron chi connectivity index (χ1n) is 3.63. The summed E-state index contributed by atoms with van der Waals surface area (Å²) in [7, 11) is 0. The van der Waals surface area contributed by atoms with Crippen molar-refractivity contribution in [2.24, 2.45) is 0 Å². The molecule has 0 aromatic carbocycles. The Morgan fingerprint density at radius 3 is 3.08 bits per heavy atom. The van der Waals surface area contributed by atoms with Crippen molar-refractivity contribution < 1.29 is 14.1 Å². The summed E-state index contributed by atoms with van der Waals surface area (Å²) >= 11 is 0. The van der Waals surface area contributed by atoms with Gasteiger partial charge in [-0.15, -0.1) is 0 Å². The maximum atomic E-state index is 10.6. The van der Waals surface area contributed by atoms with Crippen LogP contribution in [0.2, 0.25) is 0 Å². The van der Waals surface area contributed by atoms with Gasteiger partial charge in [-0.1, -0.05) is 5.16 Å². The molecule has 0 saturated carbocycles. The molecule has 0 bridgehead atoms. The fraction of sp³-hybridized carbons (Fsp3) is 0.429. The third-order valence-corrected chi connectivity index (χ3v) is 1.66. The molecule has 1 fully saturated rings. The minimum absolute atomic E-state index is 0.296. The highest BCUT2D eigenvalue weighted by Gasteiger charge is 2.26. The van der Waals surface area contributed by atoms with Crippen LogP contribution in [0.4, 0.5) is 4.79 Å². The third-order valence-electron chi connectivity index (χ3n) is 1.66. The van der Waals surface area contributed by atoms with Gasteiger partial charge in [0.15, 0.2) is 6.10 Å². The van der Waals surface area contributed by atoms with Crippen LogP contribution in [0.1, 0.15) is 17.6 Å². The monoisotopic (exact) mass is 168 g/mol. The number of aryl methyl sites for hydroxylation is 1. The van der Waals surface area contributed by atoms with E-state index in [-0.39, 0.29) is 6.10 Å². The summed E-state index contributed by atoms with van der Waals surface area (Å²) in [5.41, 5.74) is 0.658. The standard InChI is InChI=1S/C7H8N2O3/c1-4-2-5(9-12-4)6-3-8-7(10)11-6/h2,6H,3H2,1H3,(H,8,10). The average Bonchev–Trinajstić information content (AvgIpc) is 2.58. The SMILES string of the molecule is Cc1cc(C2CNC(=O)O2)no1. The van der Waals surface area contributed by atoms with Crippen molar-refractivity contribution >= 4 is 6.09 Å². The molecule has 64 valence electrons. The van der Waals surface area contributed by atoms with Crippen LogP contribution in [0.3, 0.4) is 0 Å². The number of alkyl carbamates (subject to hydrolysis) is 1. The van der Waals surface area contributed by atoms with Crippen LogP contribution in [0.25, 0.3) is 0 Å². The number of amides is 1. The molecule has 1 N–H and O–H groups in total. The molecule has 1 aliphatic heterocycles. The molecule has 1 aromatic rings. The lowest BCUT2D eigenvalue weighted by molar-refractivity contribution is 0.137. The van der Waals surface area contributed by atoms with Gasteiger partial charge < -0.3 is 14.6 Å². The van der Waals surface area contributed by atoms with E-state index in [2.05, 4.69) is 10.5 Å². The molecule has 12 heavy (non-hydrogen) atoms. The van der Waals surface area contributed by atoms with Crippen molar-refractivity contribution in [3.63, 3.8) is 0 Å². The van der Waals surface area contributed by atoms with Gasteiger partial charge in [0.1, 0.15) is 11.5 Å². The van der Waals surface area contributed by atoms with Crippen LogP contribution >= 0.6 is 0 Å². The predicted molar refractivity (Wildman–Crippen MR) is 38.5 cm³/mol. The van der Waals surface area contributed by atoms with Crippen molar-refractivity contribution in [1.82, 2.24) is 10.5 Å². The van der Waals surface area contributed by atoms with Crippen LogP contribution in [0, 0.1) is 6.92 Å². The van der Waals surface area contributed by atoms with E-state index in [1.165, 1.54) is 0 Å². The zero-order valence-electron chi connectivity index (χ0n) is 6.53. The van der Waals surface area contributed by atoms with Gasteiger partial charge in [-0.3, -0.25) is 0 Å². The lowest BCUT2D eigenvalue weighted by Crippen LogP contribution is -2.12. The number of cyclic esters (lactones) is 1. The van der Waals surface area contributed by atoms with E-state index < -0.39 is 6.09 Å². The highest BCUT2D eigenvalue weighted by atomic mass is 16.6. The Hall–Kier alpha value is -1.52. The van der Waals surface area contributed by atoms with Gasteiger partial charge in [0, 0.05) is 6.07 Å². The lowest BCUT2D eigenvalue weighted by atomic mass is 10.2. The Labute approximate surface area is 68.7 Å². The average molecular weight is 168 g/mol. The van der Waals surface area contributed by atoms with Gasteiger partial charge in [-0.05, 0) is 6.92 Å². The number of aromatic nitrogens is 1. The Kier molecular flexibility index (Phi) is 1.49. The highest BCUT2D eigenvalue weighted by molar-refractivity contribution is 5.69. The van der Waals surface area contributed by atoms with E-state index in [1.807, 2.05) is 0 Å². The van der Waals surface area contributed by atoms with Gasteiger partial charge in [-0.25, -0.2) is 4.79 Å². The summed E-state index contributed by atoms with van der Waals surface area (Å²) < 4.78 is 9.73. The molecule has 0 radical (unpaired) electrons. The van der Waals surface area contributed by atoms with Gasteiger partial charge in [-0.2, -0.15) is 0 Å². The smallest absolute Gasteiger partial charge is 0.408 e. The molecular formula is C7H8N2O3. The van der Waals surface area contributed by atoms with Gasteiger partial charge >= 0.3 is 6.09 Å². The van der Waals surface area contributed by atoms with E-state index in [9.17, 15) is 4.79 Å². The summed E-state index contributed by atoms with van der Waals surface area (Å²) in [6.45, 7) is 2.26. The van der Waals surface area contributed by atoms with Crippen molar-refractivity contribution in [2.75, 3.05) is 6.54 Å². The zero-order chi connectivity index (χ0) is 8.55. The van der Waals surface area contributed by atoms with E-state index >= 15 is 0 Å². The van der Waals surface area contributed by atoms with Crippen LogP contribution < -0.4 is 5.32 Å². The van der Waals surface area contributed by atoms with E-state index in [4.69, 9.17) is 9.26 Å². The first-order chi connectivity index (χ1) is 5.75. The number of hydrogen-bond donors (Lipinski definition) is 1. The molecule has 5 nitrogen and oxygen atoms in total. The number of hydrogen-bond acceptors (Lipinski definition) is 4. The molecule has 1 aliphatic rings. The summed E-state index contributed by atoms with van der Waals surface area (Å²) in [4.78, 5) is 10.6. The molecule has 0 aliphatic carbocycles.